The third-order valence-electron chi connectivity index (χ3n) is 6.66. The second kappa shape index (κ2) is 14.1. The molecule has 42 heavy (non-hydrogen) atoms. The van der Waals surface area contributed by atoms with Gasteiger partial charge in [0.1, 0.15) is 42.9 Å². The van der Waals surface area contributed by atoms with Crippen LogP contribution in [0.2, 0.25) is 0 Å². The summed E-state index contributed by atoms with van der Waals surface area (Å²) in [5.74, 6) is -1.50. The highest BCUT2D eigenvalue weighted by Crippen LogP contribution is 2.32. The molecule has 1 heterocycles. The molecular formula is C33H31F2NO6. The molecule has 4 rings (SSSR count). The smallest absolute Gasteiger partial charge is 0.323 e. The molecule has 0 atom stereocenters. The predicted octanol–water partition coefficient (Wildman–Crippen LogP) is 6.90. The number of carboxylic acids is 2. The van der Waals surface area contributed by atoms with Gasteiger partial charge in [0, 0.05) is 23.1 Å². The fraction of sp³-hybridized carbons (Fsp3) is 0.212. The lowest BCUT2D eigenvalue weighted by Crippen LogP contribution is -2.10. The maximum atomic E-state index is 14.7. The van der Waals surface area contributed by atoms with Crippen molar-refractivity contribution in [1.29, 1.82) is 0 Å². The number of carbonyl (C=O) groups is 2. The number of ether oxygens (including phenoxy) is 2. The predicted molar refractivity (Wildman–Crippen MR) is 157 cm³/mol. The lowest BCUT2D eigenvalue weighted by atomic mass is 10.0. The van der Waals surface area contributed by atoms with E-state index >= 15 is 0 Å². The van der Waals surface area contributed by atoms with Crippen LogP contribution in [0.3, 0.4) is 0 Å². The van der Waals surface area contributed by atoms with E-state index in [9.17, 15) is 23.5 Å². The number of carboxylic acid groups (broad SMARTS) is 2. The fourth-order valence-corrected chi connectivity index (χ4v) is 4.69. The van der Waals surface area contributed by atoms with Gasteiger partial charge in [-0.1, -0.05) is 24.3 Å². The number of hydrogen-bond acceptors (Lipinski definition) is 4. The summed E-state index contributed by atoms with van der Waals surface area (Å²) in [6.07, 6.45) is 7.89. The fourth-order valence-electron chi connectivity index (χ4n) is 4.69. The Labute approximate surface area is 241 Å². The molecule has 0 saturated heterocycles. The van der Waals surface area contributed by atoms with Crippen molar-refractivity contribution in [3.63, 3.8) is 0 Å². The van der Waals surface area contributed by atoms with Crippen LogP contribution in [0, 0.1) is 18.6 Å². The first-order valence-corrected chi connectivity index (χ1v) is 13.4. The van der Waals surface area contributed by atoms with Gasteiger partial charge in [-0.3, -0.25) is 9.59 Å². The SMILES string of the molecule is Cc1c(CCCC(=O)O)c2cc(F)cc(C=Cc3ccc(OCC=CCOc4ccc(F)cc4)cc3)c2n1CC(=O)O. The van der Waals surface area contributed by atoms with Crippen molar-refractivity contribution in [3.05, 3.63) is 107 Å². The minimum atomic E-state index is -1.03. The minimum Gasteiger partial charge on any atom is -0.490 e. The molecule has 0 spiro atoms. The van der Waals surface area contributed by atoms with Gasteiger partial charge in [0.2, 0.25) is 0 Å². The lowest BCUT2D eigenvalue weighted by molar-refractivity contribution is -0.138. The summed E-state index contributed by atoms with van der Waals surface area (Å²) in [5.41, 5.74) is 3.37. The summed E-state index contributed by atoms with van der Waals surface area (Å²) in [6, 6.07) is 15.8. The highest BCUT2D eigenvalue weighted by molar-refractivity contribution is 5.95. The van der Waals surface area contributed by atoms with Crippen molar-refractivity contribution in [2.24, 2.45) is 0 Å². The zero-order valence-corrected chi connectivity index (χ0v) is 23.1. The molecule has 0 bridgehead atoms. The van der Waals surface area contributed by atoms with Crippen LogP contribution in [0.4, 0.5) is 8.78 Å². The van der Waals surface area contributed by atoms with Gasteiger partial charge in [0.25, 0.3) is 0 Å². The van der Waals surface area contributed by atoms with Gasteiger partial charge in [-0.15, -0.1) is 0 Å². The summed E-state index contributed by atoms with van der Waals surface area (Å²) >= 11 is 0. The van der Waals surface area contributed by atoms with Crippen LogP contribution in [-0.4, -0.2) is 39.9 Å². The largest absolute Gasteiger partial charge is 0.490 e. The maximum Gasteiger partial charge on any atom is 0.323 e. The average molecular weight is 576 g/mol. The van der Waals surface area contributed by atoms with Crippen LogP contribution in [0.5, 0.6) is 11.5 Å². The van der Waals surface area contributed by atoms with Gasteiger partial charge in [-0.05, 0) is 91.6 Å². The number of hydrogen-bond donors (Lipinski definition) is 2. The molecule has 4 aromatic rings. The van der Waals surface area contributed by atoms with E-state index in [2.05, 4.69) is 0 Å². The third kappa shape index (κ3) is 8.06. The van der Waals surface area contributed by atoms with Crippen LogP contribution >= 0.6 is 0 Å². The van der Waals surface area contributed by atoms with Crippen molar-refractivity contribution < 1.29 is 38.1 Å². The normalized spacial score (nSPS) is 11.5. The van der Waals surface area contributed by atoms with Crippen LogP contribution in [-0.2, 0) is 22.6 Å². The Morgan fingerprint density at radius 3 is 2.05 bits per heavy atom. The van der Waals surface area contributed by atoms with E-state index in [-0.39, 0.29) is 18.8 Å². The number of rotatable bonds is 14. The van der Waals surface area contributed by atoms with Crippen molar-refractivity contribution in [2.45, 2.75) is 32.7 Å². The molecule has 0 fully saturated rings. The first-order chi connectivity index (χ1) is 20.2. The molecule has 7 nitrogen and oxygen atoms in total. The third-order valence-corrected chi connectivity index (χ3v) is 6.66. The quantitative estimate of drug-likeness (QED) is 0.125. The van der Waals surface area contributed by atoms with E-state index in [1.165, 1.54) is 24.3 Å². The first kappa shape index (κ1) is 30.0. The number of aromatic nitrogens is 1. The van der Waals surface area contributed by atoms with Crippen molar-refractivity contribution >= 4 is 35.0 Å². The monoisotopic (exact) mass is 575 g/mol. The van der Waals surface area contributed by atoms with E-state index in [1.807, 2.05) is 36.4 Å². The lowest BCUT2D eigenvalue weighted by Gasteiger charge is -2.08. The van der Waals surface area contributed by atoms with E-state index in [4.69, 9.17) is 14.6 Å². The zero-order valence-electron chi connectivity index (χ0n) is 23.1. The molecule has 1 aromatic heterocycles. The Morgan fingerprint density at radius 2 is 1.45 bits per heavy atom. The molecule has 3 aromatic carbocycles. The van der Waals surface area contributed by atoms with Crippen LogP contribution in [0.25, 0.3) is 23.1 Å². The van der Waals surface area contributed by atoms with E-state index in [0.717, 1.165) is 11.1 Å². The molecule has 0 amide bonds. The Kier molecular flexibility index (Phi) is 10.1. The highest BCUT2D eigenvalue weighted by Gasteiger charge is 2.19. The Balaban J connectivity index is 1.44. The first-order valence-electron chi connectivity index (χ1n) is 13.4. The van der Waals surface area contributed by atoms with E-state index < -0.39 is 17.8 Å². The second-order valence-electron chi connectivity index (χ2n) is 9.63. The molecule has 9 heteroatoms. The molecule has 0 aliphatic carbocycles. The number of nitrogens with zero attached hydrogens (tertiary/aromatic N) is 1. The summed E-state index contributed by atoms with van der Waals surface area (Å²) < 4.78 is 40.5. The maximum absolute atomic E-state index is 14.7. The molecule has 218 valence electrons. The molecule has 0 radical (unpaired) electrons. The average Bonchev–Trinajstić information content (AvgIpc) is 3.20. The second-order valence-corrected chi connectivity index (χ2v) is 9.63. The molecule has 0 aliphatic heterocycles. The molecule has 0 unspecified atom stereocenters. The van der Waals surface area contributed by atoms with Gasteiger partial charge in [-0.2, -0.15) is 0 Å². The molecule has 2 N–H and O–H groups in total. The Bertz CT molecular complexity index is 1600. The number of aliphatic carboxylic acids is 2. The van der Waals surface area contributed by atoms with Crippen LogP contribution in [0.15, 0.2) is 72.8 Å². The Morgan fingerprint density at radius 1 is 0.833 bits per heavy atom. The summed E-state index contributed by atoms with van der Waals surface area (Å²) in [7, 11) is 0. The number of benzene rings is 3. The topological polar surface area (TPSA) is 98.0 Å². The van der Waals surface area contributed by atoms with E-state index in [0.29, 0.717) is 59.7 Å². The van der Waals surface area contributed by atoms with Gasteiger partial charge in [-0.25, -0.2) is 8.78 Å². The van der Waals surface area contributed by atoms with Crippen molar-refractivity contribution in [3.8, 4) is 11.5 Å². The Hall–Kier alpha value is -4.92. The minimum absolute atomic E-state index is 0.0327. The standard InChI is InChI=1S/C33H31F2NO6/c1-22-29(5-4-6-31(37)38)30-20-26(35)19-24(33(30)36(22)21-32(39)40)10-7-23-8-13-27(14-9-23)41-17-2-3-18-42-28-15-11-25(34)12-16-28/h2-3,7-16,19-20H,4-6,17-18,21H2,1H3,(H,37,38)(H,39,40). The number of aryl methyl sites for hydroxylation is 1. The summed E-state index contributed by atoms with van der Waals surface area (Å²) in [6.45, 7) is 2.13. The van der Waals surface area contributed by atoms with Crippen molar-refractivity contribution in [2.75, 3.05) is 13.2 Å². The van der Waals surface area contributed by atoms with Crippen molar-refractivity contribution in [1.82, 2.24) is 4.57 Å². The van der Waals surface area contributed by atoms with Gasteiger partial charge < -0.3 is 24.3 Å². The zero-order chi connectivity index (χ0) is 30.1. The molecule has 0 aliphatic rings. The van der Waals surface area contributed by atoms with Crippen LogP contribution < -0.4 is 9.47 Å². The van der Waals surface area contributed by atoms with Gasteiger partial charge >= 0.3 is 11.9 Å². The number of halogens is 2. The van der Waals surface area contributed by atoms with Gasteiger partial charge in [0.05, 0.1) is 5.52 Å². The van der Waals surface area contributed by atoms with Gasteiger partial charge in [0.15, 0.2) is 0 Å². The molecular weight excluding hydrogens is 544 g/mol. The number of fused-ring (bicyclic) bond motifs is 1. The molecule has 0 saturated carbocycles. The summed E-state index contributed by atoms with van der Waals surface area (Å²) in [5, 5.41) is 19.1. The highest BCUT2D eigenvalue weighted by atomic mass is 19.1. The summed E-state index contributed by atoms with van der Waals surface area (Å²) in [4.78, 5) is 22.6. The van der Waals surface area contributed by atoms with Crippen LogP contribution in [0.1, 0.15) is 35.2 Å². The van der Waals surface area contributed by atoms with E-state index in [1.54, 1.807) is 35.8 Å².